The van der Waals surface area contributed by atoms with Gasteiger partial charge in [0.05, 0.1) is 11.6 Å². The largest absolute Gasteiger partial charge is 0.372 e. The Morgan fingerprint density at radius 1 is 1.15 bits per heavy atom. The van der Waals surface area contributed by atoms with Crippen LogP contribution in [0.4, 0.5) is 17.1 Å². The SMILES string of the molecule is CC(=O)N(CC(=O)Nc1ccc(N2CCCC2)cc1)c1cccc(C#N)c1. The van der Waals surface area contributed by atoms with Gasteiger partial charge in [0, 0.05) is 37.1 Å². The van der Waals surface area contributed by atoms with Gasteiger partial charge in [0.2, 0.25) is 11.8 Å². The van der Waals surface area contributed by atoms with Gasteiger partial charge in [-0.2, -0.15) is 5.26 Å². The lowest BCUT2D eigenvalue weighted by molar-refractivity contribution is -0.120. The number of nitriles is 1. The number of nitrogens with zero attached hydrogens (tertiary/aromatic N) is 3. The predicted molar refractivity (Wildman–Crippen MR) is 106 cm³/mol. The molecule has 0 saturated carbocycles. The third-order valence-electron chi connectivity index (χ3n) is 4.59. The van der Waals surface area contributed by atoms with Crippen molar-refractivity contribution < 1.29 is 9.59 Å². The normalized spacial score (nSPS) is 13.1. The summed E-state index contributed by atoms with van der Waals surface area (Å²) in [5.74, 6) is -0.550. The Balaban J connectivity index is 1.65. The lowest BCUT2D eigenvalue weighted by atomic mass is 10.2. The van der Waals surface area contributed by atoms with E-state index in [-0.39, 0.29) is 18.4 Å². The molecule has 2 amide bonds. The van der Waals surface area contributed by atoms with Crippen LogP contribution in [0.3, 0.4) is 0 Å². The van der Waals surface area contributed by atoms with Crippen molar-refractivity contribution in [2.24, 2.45) is 0 Å². The maximum atomic E-state index is 12.4. The Hall–Kier alpha value is -3.33. The Bertz CT molecular complexity index is 864. The first kappa shape index (κ1) is 18.5. The van der Waals surface area contributed by atoms with Gasteiger partial charge in [-0.1, -0.05) is 6.07 Å². The molecule has 0 bridgehead atoms. The van der Waals surface area contributed by atoms with Crippen molar-refractivity contribution >= 4 is 28.9 Å². The molecule has 1 fully saturated rings. The molecular formula is C21H22N4O2. The highest BCUT2D eigenvalue weighted by Crippen LogP contribution is 2.22. The second-order valence-electron chi connectivity index (χ2n) is 6.56. The summed E-state index contributed by atoms with van der Waals surface area (Å²) in [6, 6.07) is 16.4. The summed E-state index contributed by atoms with van der Waals surface area (Å²) in [6.45, 7) is 3.43. The van der Waals surface area contributed by atoms with Crippen LogP contribution < -0.4 is 15.1 Å². The van der Waals surface area contributed by atoms with Crippen LogP contribution in [0, 0.1) is 11.3 Å². The third kappa shape index (κ3) is 4.64. The molecule has 1 aliphatic heterocycles. The first-order chi connectivity index (χ1) is 13.1. The van der Waals surface area contributed by atoms with Gasteiger partial charge in [0.1, 0.15) is 6.54 Å². The molecule has 0 atom stereocenters. The Kier molecular flexibility index (Phi) is 5.72. The molecule has 2 aromatic rings. The average molecular weight is 362 g/mol. The number of carbonyl (C=O) groups is 2. The fourth-order valence-electron chi connectivity index (χ4n) is 3.20. The zero-order valence-corrected chi connectivity index (χ0v) is 15.3. The summed E-state index contributed by atoms with van der Waals surface area (Å²) in [5.41, 5.74) is 2.82. The molecule has 0 aliphatic carbocycles. The average Bonchev–Trinajstić information content (AvgIpc) is 3.21. The number of nitrogens with one attached hydrogen (secondary N) is 1. The minimum atomic E-state index is -0.290. The van der Waals surface area contributed by atoms with Crippen molar-refractivity contribution in [1.29, 1.82) is 5.26 Å². The maximum Gasteiger partial charge on any atom is 0.244 e. The Morgan fingerprint density at radius 2 is 1.85 bits per heavy atom. The van der Waals surface area contributed by atoms with Crippen LogP contribution in [0.2, 0.25) is 0 Å². The molecule has 138 valence electrons. The zero-order valence-electron chi connectivity index (χ0n) is 15.3. The van der Waals surface area contributed by atoms with Gasteiger partial charge < -0.3 is 15.1 Å². The molecule has 1 saturated heterocycles. The Labute approximate surface area is 159 Å². The van der Waals surface area contributed by atoms with Gasteiger partial charge in [-0.25, -0.2) is 0 Å². The van der Waals surface area contributed by atoms with Crippen LogP contribution in [0.1, 0.15) is 25.3 Å². The van der Waals surface area contributed by atoms with E-state index in [1.165, 1.54) is 24.7 Å². The van der Waals surface area contributed by atoms with Gasteiger partial charge in [-0.05, 0) is 55.3 Å². The second-order valence-corrected chi connectivity index (χ2v) is 6.56. The number of hydrogen-bond donors (Lipinski definition) is 1. The fourth-order valence-corrected chi connectivity index (χ4v) is 3.20. The first-order valence-electron chi connectivity index (χ1n) is 9.00. The number of hydrogen-bond acceptors (Lipinski definition) is 4. The molecular weight excluding hydrogens is 340 g/mol. The highest BCUT2D eigenvalue weighted by Gasteiger charge is 2.17. The van der Waals surface area contributed by atoms with Gasteiger partial charge in [-0.3, -0.25) is 9.59 Å². The standard InChI is InChI=1S/C21H22N4O2/c1-16(26)25(20-6-4-5-17(13-20)14-22)15-21(27)23-18-7-9-19(10-8-18)24-11-2-3-12-24/h4-10,13H,2-3,11-12,15H2,1H3,(H,23,27). The summed E-state index contributed by atoms with van der Waals surface area (Å²) in [6.07, 6.45) is 2.43. The lowest BCUT2D eigenvalue weighted by Gasteiger charge is -2.21. The van der Waals surface area contributed by atoms with Crippen LogP contribution in [0.5, 0.6) is 0 Å². The van der Waals surface area contributed by atoms with Crippen LogP contribution in [-0.2, 0) is 9.59 Å². The van der Waals surface area contributed by atoms with Crippen molar-refractivity contribution in [2.75, 3.05) is 34.8 Å². The molecule has 1 N–H and O–H groups in total. The van der Waals surface area contributed by atoms with E-state index in [0.29, 0.717) is 16.9 Å². The second kappa shape index (κ2) is 8.37. The van der Waals surface area contributed by atoms with E-state index in [2.05, 4.69) is 10.2 Å². The molecule has 1 aliphatic rings. The van der Waals surface area contributed by atoms with E-state index in [1.807, 2.05) is 30.3 Å². The van der Waals surface area contributed by atoms with Gasteiger partial charge >= 0.3 is 0 Å². The highest BCUT2D eigenvalue weighted by molar-refractivity contribution is 6.01. The van der Waals surface area contributed by atoms with Crippen LogP contribution in [-0.4, -0.2) is 31.4 Å². The molecule has 1 heterocycles. The third-order valence-corrected chi connectivity index (χ3v) is 4.59. The molecule has 0 aromatic heterocycles. The summed E-state index contributed by atoms with van der Waals surface area (Å²) in [5, 5.41) is 11.9. The van der Waals surface area contributed by atoms with E-state index in [0.717, 1.165) is 18.8 Å². The number of anilines is 3. The molecule has 27 heavy (non-hydrogen) atoms. The van der Waals surface area contributed by atoms with Crippen molar-refractivity contribution in [3.05, 3.63) is 54.1 Å². The van der Waals surface area contributed by atoms with Crippen molar-refractivity contribution in [1.82, 2.24) is 0 Å². The topological polar surface area (TPSA) is 76.4 Å². The van der Waals surface area contributed by atoms with Gasteiger partial charge in [-0.15, -0.1) is 0 Å². The van der Waals surface area contributed by atoms with E-state index >= 15 is 0 Å². The van der Waals surface area contributed by atoms with Crippen LogP contribution in [0.25, 0.3) is 0 Å². The molecule has 0 unspecified atom stereocenters. The predicted octanol–water partition coefficient (Wildman–Crippen LogP) is 3.15. The molecule has 0 radical (unpaired) electrons. The number of carbonyl (C=O) groups excluding carboxylic acids is 2. The highest BCUT2D eigenvalue weighted by atomic mass is 16.2. The van der Waals surface area contributed by atoms with Crippen molar-refractivity contribution in [3.63, 3.8) is 0 Å². The molecule has 2 aromatic carbocycles. The lowest BCUT2D eigenvalue weighted by Crippen LogP contribution is -2.36. The number of rotatable bonds is 5. The minimum absolute atomic E-state index is 0.113. The quantitative estimate of drug-likeness (QED) is 0.886. The fraction of sp³-hybridized carbons (Fsp3) is 0.286. The first-order valence-corrected chi connectivity index (χ1v) is 9.00. The summed E-state index contributed by atoms with van der Waals surface area (Å²) in [4.78, 5) is 28.1. The molecule has 6 nitrogen and oxygen atoms in total. The van der Waals surface area contributed by atoms with E-state index in [4.69, 9.17) is 5.26 Å². The van der Waals surface area contributed by atoms with Crippen molar-refractivity contribution in [3.8, 4) is 6.07 Å². The van der Waals surface area contributed by atoms with Crippen LogP contribution in [0.15, 0.2) is 48.5 Å². The maximum absolute atomic E-state index is 12.4. The van der Waals surface area contributed by atoms with E-state index in [9.17, 15) is 9.59 Å². The van der Waals surface area contributed by atoms with Gasteiger partial charge in [0.15, 0.2) is 0 Å². The van der Waals surface area contributed by atoms with E-state index in [1.54, 1.807) is 24.3 Å². The molecule has 6 heteroatoms. The zero-order chi connectivity index (χ0) is 19.2. The summed E-state index contributed by atoms with van der Waals surface area (Å²) < 4.78 is 0. The summed E-state index contributed by atoms with van der Waals surface area (Å²) in [7, 11) is 0. The number of benzene rings is 2. The monoisotopic (exact) mass is 362 g/mol. The Morgan fingerprint density at radius 3 is 2.48 bits per heavy atom. The smallest absolute Gasteiger partial charge is 0.244 e. The van der Waals surface area contributed by atoms with Crippen LogP contribution >= 0.6 is 0 Å². The van der Waals surface area contributed by atoms with E-state index < -0.39 is 0 Å². The molecule has 0 spiro atoms. The number of amides is 2. The van der Waals surface area contributed by atoms with Gasteiger partial charge in [0.25, 0.3) is 0 Å². The minimum Gasteiger partial charge on any atom is -0.372 e. The summed E-state index contributed by atoms with van der Waals surface area (Å²) >= 11 is 0. The molecule has 3 rings (SSSR count). The van der Waals surface area contributed by atoms with Crippen molar-refractivity contribution in [2.45, 2.75) is 19.8 Å².